The van der Waals surface area contributed by atoms with Crippen molar-refractivity contribution in [3.63, 3.8) is 0 Å². The van der Waals surface area contributed by atoms with Crippen LogP contribution in [0.25, 0.3) is 0 Å². The molecule has 1 heterocycles. The van der Waals surface area contributed by atoms with Gasteiger partial charge in [0.1, 0.15) is 0 Å². The van der Waals surface area contributed by atoms with Crippen molar-refractivity contribution in [2.45, 2.75) is 38.6 Å². The highest BCUT2D eigenvalue weighted by Gasteiger charge is 2.45. The predicted octanol–water partition coefficient (Wildman–Crippen LogP) is 1.67. The summed E-state index contributed by atoms with van der Waals surface area (Å²) in [7, 11) is 0. The first-order valence-corrected chi connectivity index (χ1v) is 6.64. The van der Waals surface area contributed by atoms with Crippen molar-refractivity contribution in [3.05, 3.63) is 0 Å². The first-order chi connectivity index (χ1) is 7.75. The van der Waals surface area contributed by atoms with Crippen LogP contribution in [0.2, 0.25) is 0 Å². The summed E-state index contributed by atoms with van der Waals surface area (Å²) in [5, 5.41) is 0. The van der Waals surface area contributed by atoms with Gasteiger partial charge >= 0.3 is 0 Å². The van der Waals surface area contributed by atoms with Crippen molar-refractivity contribution in [1.29, 1.82) is 0 Å². The minimum absolute atomic E-state index is 0.350. The lowest BCUT2D eigenvalue weighted by Crippen LogP contribution is -2.38. The number of hydrogen-bond donors (Lipinski definition) is 0. The smallest absolute Gasteiger partial charge is 0.226 e. The second kappa shape index (κ2) is 4.02. The van der Waals surface area contributed by atoms with Crippen molar-refractivity contribution in [3.8, 4) is 0 Å². The molecule has 3 rings (SSSR count). The van der Waals surface area contributed by atoms with Gasteiger partial charge in [-0.1, -0.05) is 6.92 Å². The summed E-state index contributed by atoms with van der Waals surface area (Å²) in [6, 6.07) is 0.570. The van der Waals surface area contributed by atoms with Gasteiger partial charge in [0, 0.05) is 31.0 Å². The van der Waals surface area contributed by atoms with Gasteiger partial charge in [0.2, 0.25) is 5.91 Å². The molecule has 3 fully saturated rings. The van der Waals surface area contributed by atoms with Gasteiger partial charge < -0.3 is 9.64 Å². The summed E-state index contributed by atoms with van der Waals surface area (Å²) in [5.41, 5.74) is 0. The fourth-order valence-corrected chi connectivity index (χ4v) is 2.69. The molecule has 3 nitrogen and oxygen atoms in total. The molecule has 0 N–H and O–H groups in total. The summed E-state index contributed by atoms with van der Waals surface area (Å²) in [6.07, 6.45) is 4.70. The Kier molecular flexibility index (Phi) is 2.66. The summed E-state index contributed by atoms with van der Waals surface area (Å²) >= 11 is 0. The van der Waals surface area contributed by atoms with E-state index in [1.165, 1.54) is 12.8 Å². The van der Waals surface area contributed by atoms with E-state index in [4.69, 9.17) is 4.74 Å². The van der Waals surface area contributed by atoms with Crippen LogP contribution in [-0.4, -0.2) is 36.6 Å². The summed E-state index contributed by atoms with van der Waals surface area (Å²) in [6.45, 7) is 4.88. The largest absolute Gasteiger partial charge is 0.381 e. The van der Waals surface area contributed by atoms with Crippen molar-refractivity contribution in [2.75, 3.05) is 19.8 Å². The summed E-state index contributed by atoms with van der Waals surface area (Å²) < 4.78 is 5.40. The average molecular weight is 223 g/mol. The molecule has 3 heteroatoms. The molecule has 3 unspecified atom stereocenters. The van der Waals surface area contributed by atoms with Crippen LogP contribution in [0.5, 0.6) is 0 Å². The first-order valence-electron chi connectivity index (χ1n) is 6.64. The number of carbonyl (C=O) groups is 1. The van der Waals surface area contributed by atoms with E-state index in [1.807, 2.05) is 0 Å². The Bertz CT molecular complexity index is 282. The molecule has 0 aromatic heterocycles. The molecule has 2 saturated carbocycles. The lowest BCUT2D eigenvalue weighted by atomic mass is 10.1. The maximum atomic E-state index is 12.3. The third kappa shape index (κ3) is 2.10. The minimum Gasteiger partial charge on any atom is -0.381 e. The minimum atomic E-state index is 0.350. The Balaban J connectivity index is 1.59. The predicted molar refractivity (Wildman–Crippen MR) is 60.9 cm³/mol. The molecular weight excluding hydrogens is 202 g/mol. The Morgan fingerprint density at radius 1 is 1.38 bits per heavy atom. The molecule has 0 bridgehead atoms. The van der Waals surface area contributed by atoms with E-state index in [1.54, 1.807) is 0 Å². The van der Waals surface area contributed by atoms with Gasteiger partial charge in [0.25, 0.3) is 0 Å². The first kappa shape index (κ1) is 10.6. The quantitative estimate of drug-likeness (QED) is 0.725. The Morgan fingerprint density at radius 2 is 2.12 bits per heavy atom. The fraction of sp³-hybridized carbons (Fsp3) is 0.923. The lowest BCUT2D eigenvalue weighted by Gasteiger charge is -2.25. The van der Waals surface area contributed by atoms with Gasteiger partial charge in [0.05, 0.1) is 6.61 Å². The zero-order valence-corrected chi connectivity index (χ0v) is 10.0. The third-order valence-electron chi connectivity index (χ3n) is 4.18. The third-order valence-corrected chi connectivity index (χ3v) is 4.18. The standard InChI is InChI=1S/C13H21NO2/c1-9-6-12(9)13(15)14(11-2-3-11)7-10-4-5-16-8-10/h9-12H,2-8H2,1H3. The molecule has 0 spiro atoms. The van der Waals surface area contributed by atoms with Gasteiger partial charge in [0.15, 0.2) is 0 Å². The molecule has 1 saturated heterocycles. The lowest BCUT2D eigenvalue weighted by molar-refractivity contribution is -0.134. The van der Waals surface area contributed by atoms with Crippen LogP contribution < -0.4 is 0 Å². The molecule has 16 heavy (non-hydrogen) atoms. The number of nitrogens with zero attached hydrogens (tertiary/aromatic N) is 1. The second-order valence-corrected chi connectivity index (χ2v) is 5.77. The van der Waals surface area contributed by atoms with Gasteiger partial charge in [-0.3, -0.25) is 4.79 Å². The molecule has 3 aliphatic rings. The molecule has 2 aliphatic carbocycles. The average Bonchev–Trinajstić information content (AvgIpc) is 3.17. The second-order valence-electron chi connectivity index (χ2n) is 5.77. The maximum Gasteiger partial charge on any atom is 0.226 e. The van der Waals surface area contributed by atoms with Crippen LogP contribution in [0, 0.1) is 17.8 Å². The zero-order valence-electron chi connectivity index (χ0n) is 10.0. The molecule has 0 radical (unpaired) electrons. The number of ether oxygens (including phenoxy) is 1. The van der Waals surface area contributed by atoms with Crippen LogP contribution >= 0.6 is 0 Å². The van der Waals surface area contributed by atoms with Gasteiger partial charge in [-0.2, -0.15) is 0 Å². The molecule has 3 atom stereocenters. The van der Waals surface area contributed by atoms with Gasteiger partial charge in [-0.15, -0.1) is 0 Å². The van der Waals surface area contributed by atoms with E-state index in [-0.39, 0.29) is 0 Å². The summed E-state index contributed by atoms with van der Waals surface area (Å²) in [4.78, 5) is 14.4. The van der Waals surface area contributed by atoms with E-state index in [0.717, 1.165) is 32.6 Å². The fourth-order valence-electron chi connectivity index (χ4n) is 2.69. The van der Waals surface area contributed by atoms with Crippen LogP contribution in [-0.2, 0) is 9.53 Å². The van der Waals surface area contributed by atoms with Crippen molar-refractivity contribution < 1.29 is 9.53 Å². The van der Waals surface area contributed by atoms with Gasteiger partial charge in [-0.25, -0.2) is 0 Å². The van der Waals surface area contributed by atoms with E-state index in [9.17, 15) is 4.79 Å². The Morgan fingerprint density at radius 3 is 2.62 bits per heavy atom. The molecule has 90 valence electrons. The van der Waals surface area contributed by atoms with E-state index in [2.05, 4.69) is 11.8 Å². The number of amides is 1. The number of rotatable bonds is 4. The van der Waals surface area contributed by atoms with Crippen molar-refractivity contribution in [2.24, 2.45) is 17.8 Å². The SMILES string of the molecule is CC1CC1C(=O)N(CC1CCOC1)C1CC1. The van der Waals surface area contributed by atoms with E-state index >= 15 is 0 Å². The zero-order chi connectivity index (χ0) is 11.1. The van der Waals surface area contributed by atoms with Gasteiger partial charge in [-0.05, 0) is 31.6 Å². The highest BCUT2D eigenvalue weighted by atomic mass is 16.5. The van der Waals surface area contributed by atoms with Crippen LogP contribution in [0.15, 0.2) is 0 Å². The van der Waals surface area contributed by atoms with E-state index in [0.29, 0.717) is 29.7 Å². The Hall–Kier alpha value is -0.570. The van der Waals surface area contributed by atoms with E-state index < -0.39 is 0 Å². The molecular formula is C13H21NO2. The van der Waals surface area contributed by atoms with Crippen molar-refractivity contribution in [1.82, 2.24) is 4.90 Å². The number of carbonyl (C=O) groups excluding carboxylic acids is 1. The highest BCUT2D eigenvalue weighted by Crippen LogP contribution is 2.41. The molecule has 0 aromatic rings. The summed E-state index contributed by atoms with van der Waals surface area (Å²) in [5.74, 6) is 2.01. The number of hydrogen-bond acceptors (Lipinski definition) is 2. The van der Waals surface area contributed by atoms with Crippen LogP contribution in [0.4, 0.5) is 0 Å². The molecule has 0 aromatic carbocycles. The molecule has 1 aliphatic heterocycles. The normalized spacial score (nSPS) is 37.4. The van der Waals surface area contributed by atoms with Crippen molar-refractivity contribution >= 4 is 5.91 Å². The van der Waals surface area contributed by atoms with Crippen LogP contribution in [0.1, 0.15) is 32.6 Å². The Labute approximate surface area is 97.1 Å². The molecule has 1 amide bonds. The maximum absolute atomic E-state index is 12.3. The monoisotopic (exact) mass is 223 g/mol. The topological polar surface area (TPSA) is 29.5 Å². The van der Waals surface area contributed by atoms with Crippen LogP contribution in [0.3, 0.4) is 0 Å². The highest BCUT2D eigenvalue weighted by molar-refractivity contribution is 5.82.